The van der Waals surface area contributed by atoms with Crippen LogP contribution in [0.25, 0.3) is 0 Å². The van der Waals surface area contributed by atoms with Crippen LogP contribution in [0.3, 0.4) is 0 Å². The average molecular weight is 501 g/mol. The van der Waals surface area contributed by atoms with Gasteiger partial charge in [-0.15, -0.1) is 0 Å². The average Bonchev–Trinajstić information content (AvgIpc) is 3.32. The molecule has 0 saturated carbocycles. The van der Waals surface area contributed by atoms with Gasteiger partial charge >= 0.3 is 0 Å². The molecule has 37 heavy (non-hydrogen) atoms. The number of para-hydroxylation sites is 1. The molecule has 2 aromatic carbocycles. The van der Waals surface area contributed by atoms with Crippen LogP contribution in [-0.4, -0.2) is 65.8 Å². The van der Waals surface area contributed by atoms with E-state index in [1.165, 1.54) is 0 Å². The van der Waals surface area contributed by atoms with Crippen LogP contribution in [-0.2, 0) is 20.8 Å². The number of amidine groups is 1. The second-order valence-electron chi connectivity index (χ2n) is 8.51. The predicted molar refractivity (Wildman–Crippen MR) is 141 cm³/mol. The van der Waals surface area contributed by atoms with Crippen molar-refractivity contribution >= 4 is 35.0 Å². The Hall–Kier alpha value is -4.51. The normalized spacial score (nSPS) is 17.2. The maximum absolute atomic E-state index is 13.0. The molecule has 0 bridgehead atoms. The first-order valence-corrected chi connectivity index (χ1v) is 12.1. The van der Waals surface area contributed by atoms with E-state index in [9.17, 15) is 4.79 Å². The Kier molecular flexibility index (Phi) is 6.95. The third kappa shape index (κ3) is 5.21. The van der Waals surface area contributed by atoms with Crippen LogP contribution < -0.4 is 15.5 Å². The summed E-state index contributed by atoms with van der Waals surface area (Å²) in [4.78, 5) is 19.7. The first-order chi connectivity index (χ1) is 18.0. The molecular formula is C26H28N8O3. The summed E-state index contributed by atoms with van der Waals surface area (Å²) < 4.78 is 12.7. The van der Waals surface area contributed by atoms with Crippen LogP contribution >= 0.6 is 0 Å². The van der Waals surface area contributed by atoms with Gasteiger partial charge in [0.25, 0.3) is 11.9 Å². The van der Waals surface area contributed by atoms with Crippen LogP contribution in [0.1, 0.15) is 23.6 Å². The number of fused-ring (bicyclic) bond motifs is 1. The van der Waals surface area contributed by atoms with Gasteiger partial charge in [0, 0.05) is 37.0 Å². The maximum Gasteiger partial charge on any atom is 0.290 e. The summed E-state index contributed by atoms with van der Waals surface area (Å²) in [5.74, 6) is -0.0793. The van der Waals surface area contributed by atoms with E-state index in [4.69, 9.17) is 20.3 Å². The highest BCUT2D eigenvalue weighted by molar-refractivity contribution is 6.19. The third-order valence-electron chi connectivity index (χ3n) is 6.09. The molecule has 0 spiro atoms. The quantitative estimate of drug-likeness (QED) is 0.313. The Morgan fingerprint density at radius 2 is 1.86 bits per heavy atom. The standard InChI is InChI=1S/C26H28N8O3/c1-2-34-16-19(24(32-34)33-12-14-36-15-13-33)22(27)37-26(28)31-23-25(35)29-20-11-7-6-10-18(20)21(30-23)17-8-4-3-5-9-17/h3-11,16,23,27H,2,12-15H2,1H3,(H2,28,31)(H,29,35). The van der Waals surface area contributed by atoms with Crippen molar-refractivity contribution in [3.63, 3.8) is 0 Å². The Balaban J connectivity index is 1.37. The summed E-state index contributed by atoms with van der Waals surface area (Å²) in [5.41, 5.74) is 3.30. The molecule has 0 radical (unpaired) electrons. The van der Waals surface area contributed by atoms with Gasteiger partial charge in [-0.2, -0.15) is 5.10 Å². The molecule has 1 unspecified atom stereocenters. The molecule has 11 nitrogen and oxygen atoms in total. The van der Waals surface area contributed by atoms with Crippen molar-refractivity contribution < 1.29 is 14.3 Å². The Morgan fingerprint density at radius 1 is 1.14 bits per heavy atom. The number of hydrogen-bond acceptors (Lipinski definition) is 8. The van der Waals surface area contributed by atoms with Crippen molar-refractivity contribution in [3.05, 3.63) is 77.5 Å². The highest BCUT2D eigenvalue weighted by Gasteiger charge is 2.28. The van der Waals surface area contributed by atoms with Crippen LogP contribution in [0, 0.1) is 10.8 Å². The highest BCUT2D eigenvalue weighted by atomic mass is 16.5. The zero-order chi connectivity index (χ0) is 25.8. The first-order valence-electron chi connectivity index (χ1n) is 12.1. The zero-order valence-electron chi connectivity index (χ0n) is 20.4. The molecule has 1 saturated heterocycles. The number of nitrogens with one attached hydrogen (secondary N) is 4. The van der Waals surface area contributed by atoms with Gasteiger partial charge in [-0.1, -0.05) is 48.5 Å². The van der Waals surface area contributed by atoms with E-state index >= 15 is 0 Å². The molecule has 190 valence electrons. The minimum Gasteiger partial charge on any atom is -0.407 e. The number of carbonyl (C=O) groups excluding carboxylic acids is 1. The number of benzodiazepines with no additional fused rings is 1. The summed E-state index contributed by atoms with van der Waals surface area (Å²) in [5, 5.41) is 27.1. The summed E-state index contributed by atoms with van der Waals surface area (Å²) in [7, 11) is 0. The number of aliphatic imine (C=N–C) groups is 1. The molecule has 11 heteroatoms. The fourth-order valence-electron chi connectivity index (χ4n) is 4.23. The minimum atomic E-state index is -1.14. The van der Waals surface area contributed by atoms with Gasteiger partial charge in [0.2, 0.25) is 12.1 Å². The summed E-state index contributed by atoms with van der Waals surface area (Å²) in [6.45, 7) is 5.03. The van der Waals surface area contributed by atoms with Crippen molar-refractivity contribution in [3.8, 4) is 0 Å². The van der Waals surface area contributed by atoms with Crippen LogP contribution in [0.4, 0.5) is 11.5 Å². The fraction of sp³-hybridized carbons (Fsp3) is 0.269. The number of benzene rings is 2. The van der Waals surface area contributed by atoms with Crippen LogP contribution in [0.5, 0.6) is 0 Å². The summed E-state index contributed by atoms with van der Waals surface area (Å²) >= 11 is 0. The number of nitrogens with zero attached hydrogens (tertiary/aromatic N) is 4. The van der Waals surface area contributed by atoms with Crippen molar-refractivity contribution in [2.45, 2.75) is 19.6 Å². The lowest BCUT2D eigenvalue weighted by Gasteiger charge is -2.27. The molecule has 0 aliphatic carbocycles. The van der Waals surface area contributed by atoms with E-state index in [1.54, 1.807) is 10.9 Å². The smallest absolute Gasteiger partial charge is 0.290 e. The molecular weight excluding hydrogens is 472 g/mol. The van der Waals surface area contributed by atoms with Crippen molar-refractivity contribution in [1.29, 1.82) is 10.8 Å². The van der Waals surface area contributed by atoms with Gasteiger partial charge in [0.05, 0.1) is 30.2 Å². The Bertz CT molecular complexity index is 1340. The number of hydrogen-bond donors (Lipinski definition) is 4. The molecule has 5 rings (SSSR count). The molecule has 1 atom stereocenters. The van der Waals surface area contributed by atoms with Crippen molar-refractivity contribution in [2.24, 2.45) is 4.99 Å². The number of aromatic nitrogens is 2. The van der Waals surface area contributed by atoms with E-state index in [2.05, 4.69) is 20.7 Å². The Morgan fingerprint density at radius 3 is 2.62 bits per heavy atom. The molecule has 4 N–H and O–H groups in total. The van der Waals surface area contributed by atoms with E-state index in [-0.39, 0.29) is 5.90 Å². The monoisotopic (exact) mass is 500 g/mol. The fourth-order valence-corrected chi connectivity index (χ4v) is 4.23. The summed E-state index contributed by atoms with van der Waals surface area (Å²) in [6.07, 6.45) is 0.584. The number of anilines is 2. The number of aryl methyl sites for hydroxylation is 1. The molecule has 3 aromatic rings. The molecule has 1 amide bonds. The number of rotatable bonds is 5. The lowest BCUT2D eigenvalue weighted by molar-refractivity contribution is -0.117. The molecule has 1 aromatic heterocycles. The van der Waals surface area contributed by atoms with E-state index < -0.39 is 18.1 Å². The van der Waals surface area contributed by atoms with Crippen molar-refractivity contribution in [1.82, 2.24) is 15.1 Å². The van der Waals surface area contributed by atoms with Gasteiger partial charge < -0.3 is 25.0 Å². The second kappa shape index (κ2) is 10.6. The van der Waals surface area contributed by atoms with Gasteiger partial charge in [-0.3, -0.25) is 20.3 Å². The van der Waals surface area contributed by atoms with Gasteiger partial charge in [0.15, 0.2) is 5.82 Å². The van der Waals surface area contributed by atoms with Crippen LogP contribution in [0.15, 0.2) is 65.8 Å². The highest BCUT2D eigenvalue weighted by Crippen LogP contribution is 2.24. The molecule has 2 aliphatic heterocycles. The van der Waals surface area contributed by atoms with E-state index in [1.807, 2.05) is 66.4 Å². The number of amides is 1. The molecule has 2 aliphatic rings. The summed E-state index contributed by atoms with van der Waals surface area (Å²) in [6, 6.07) is 16.5. The molecule has 1 fully saturated rings. The zero-order valence-corrected chi connectivity index (χ0v) is 20.4. The maximum atomic E-state index is 13.0. The van der Waals surface area contributed by atoms with Gasteiger partial charge in [0.1, 0.15) is 0 Å². The lowest BCUT2D eigenvalue weighted by Crippen LogP contribution is -2.43. The number of carbonyl (C=O) groups is 1. The predicted octanol–water partition coefficient (Wildman–Crippen LogP) is 2.42. The number of morpholine rings is 1. The van der Waals surface area contributed by atoms with E-state index in [0.717, 1.165) is 11.1 Å². The number of ether oxygens (including phenoxy) is 2. The lowest BCUT2D eigenvalue weighted by atomic mass is 10.0. The largest absolute Gasteiger partial charge is 0.407 e. The van der Waals surface area contributed by atoms with E-state index in [0.29, 0.717) is 55.6 Å². The van der Waals surface area contributed by atoms with Crippen LogP contribution in [0.2, 0.25) is 0 Å². The first kappa shape index (κ1) is 24.2. The minimum absolute atomic E-state index is 0.247. The van der Waals surface area contributed by atoms with Gasteiger partial charge in [-0.05, 0) is 13.0 Å². The third-order valence-corrected chi connectivity index (χ3v) is 6.09. The van der Waals surface area contributed by atoms with Gasteiger partial charge in [-0.25, -0.2) is 4.99 Å². The SMILES string of the molecule is CCn1cc(C(=N)OC(=N)NC2N=C(c3ccccc3)c3ccccc3NC2=O)c(N2CCOCC2)n1. The molecule has 3 heterocycles. The second-order valence-corrected chi connectivity index (χ2v) is 8.51. The topological polar surface area (TPSA) is 141 Å². The Labute approximate surface area is 214 Å². The van der Waals surface area contributed by atoms with Crippen molar-refractivity contribution in [2.75, 3.05) is 36.5 Å².